The molecule has 0 fully saturated rings. The molecule has 2 rings (SSSR count). The van der Waals surface area contributed by atoms with Gasteiger partial charge < -0.3 is 14.5 Å². The van der Waals surface area contributed by atoms with Gasteiger partial charge >= 0.3 is 0 Å². The van der Waals surface area contributed by atoms with Crippen LogP contribution >= 0.6 is 23.2 Å². The lowest BCUT2D eigenvalue weighted by Gasteiger charge is -2.07. The summed E-state index contributed by atoms with van der Waals surface area (Å²) in [6.45, 7) is 7.29. The molecule has 0 saturated carbocycles. The van der Waals surface area contributed by atoms with Gasteiger partial charge in [-0.1, -0.05) is 37.0 Å². The number of rotatable bonds is 6. The highest BCUT2D eigenvalue weighted by atomic mass is 35.5. The monoisotopic (exact) mass is 327 g/mol. The van der Waals surface area contributed by atoms with Gasteiger partial charge in [-0.05, 0) is 36.8 Å². The normalized spacial score (nSPS) is 11.1. The Morgan fingerprint density at radius 2 is 1.81 bits per heavy atom. The lowest BCUT2D eigenvalue weighted by atomic mass is 10.2. The van der Waals surface area contributed by atoms with E-state index in [2.05, 4.69) is 19.2 Å². The average molecular weight is 328 g/mol. The van der Waals surface area contributed by atoms with E-state index in [4.69, 9.17) is 32.4 Å². The Balaban J connectivity index is 1.98. The molecule has 0 radical (unpaired) electrons. The highest BCUT2D eigenvalue weighted by molar-refractivity contribution is 6.34. The van der Waals surface area contributed by atoms with E-state index in [1.807, 2.05) is 13.0 Å². The van der Waals surface area contributed by atoms with Gasteiger partial charge in [0.2, 0.25) is 0 Å². The van der Waals surface area contributed by atoms with Crippen LogP contribution in [0.2, 0.25) is 10.0 Å². The molecule has 1 N–H and O–H groups in total. The largest absolute Gasteiger partial charge is 0.486 e. The maximum atomic E-state index is 5.94. The Morgan fingerprint density at radius 1 is 1.14 bits per heavy atom. The molecule has 0 aliphatic heterocycles. The van der Waals surface area contributed by atoms with Crippen LogP contribution in [0.25, 0.3) is 0 Å². The standard InChI is InChI=1S/C16H19Cl2NO2/c1-10(2)19-8-16-11(3)4-15(21-16)9-20-14-6-12(17)5-13(18)7-14/h4-7,10,19H,8-9H2,1-3H3. The first-order valence-electron chi connectivity index (χ1n) is 6.84. The van der Waals surface area contributed by atoms with Crippen LogP contribution in [-0.4, -0.2) is 6.04 Å². The van der Waals surface area contributed by atoms with Crippen molar-refractivity contribution in [3.63, 3.8) is 0 Å². The quantitative estimate of drug-likeness (QED) is 0.813. The van der Waals surface area contributed by atoms with Crippen LogP contribution in [0.3, 0.4) is 0 Å². The smallest absolute Gasteiger partial charge is 0.146 e. The van der Waals surface area contributed by atoms with E-state index >= 15 is 0 Å². The number of furan rings is 1. The minimum absolute atomic E-state index is 0.346. The average Bonchev–Trinajstić information content (AvgIpc) is 2.73. The molecule has 0 spiro atoms. The molecule has 0 aliphatic carbocycles. The number of ether oxygens (including phenoxy) is 1. The van der Waals surface area contributed by atoms with Crippen molar-refractivity contribution in [1.82, 2.24) is 5.32 Å². The summed E-state index contributed by atoms with van der Waals surface area (Å²) in [6, 6.07) is 7.53. The van der Waals surface area contributed by atoms with Gasteiger partial charge in [0.15, 0.2) is 0 Å². The van der Waals surface area contributed by atoms with Crippen LogP contribution in [0.4, 0.5) is 0 Å². The molecule has 0 aliphatic rings. The molecule has 0 amide bonds. The van der Waals surface area contributed by atoms with Gasteiger partial charge in [-0.3, -0.25) is 0 Å². The van der Waals surface area contributed by atoms with E-state index in [0.29, 0.717) is 35.0 Å². The van der Waals surface area contributed by atoms with Gasteiger partial charge in [0.1, 0.15) is 23.9 Å². The second-order valence-corrected chi connectivity index (χ2v) is 6.12. The molecule has 2 aromatic rings. The van der Waals surface area contributed by atoms with Crippen molar-refractivity contribution in [2.75, 3.05) is 0 Å². The van der Waals surface area contributed by atoms with Gasteiger partial charge in [0.25, 0.3) is 0 Å². The fourth-order valence-electron chi connectivity index (χ4n) is 1.90. The number of nitrogens with one attached hydrogen (secondary N) is 1. The van der Waals surface area contributed by atoms with E-state index in [-0.39, 0.29) is 0 Å². The van der Waals surface area contributed by atoms with Crippen LogP contribution in [0, 0.1) is 6.92 Å². The number of hydrogen-bond donors (Lipinski definition) is 1. The second kappa shape index (κ2) is 7.21. The Kier molecular flexibility index (Phi) is 5.57. The van der Waals surface area contributed by atoms with Crippen molar-refractivity contribution >= 4 is 23.2 Å². The molecule has 21 heavy (non-hydrogen) atoms. The summed E-state index contributed by atoms with van der Waals surface area (Å²) in [5.74, 6) is 2.35. The summed E-state index contributed by atoms with van der Waals surface area (Å²) in [4.78, 5) is 0. The predicted octanol–water partition coefficient (Wildman–Crippen LogP) is 4.97. The van der Waals surface area contributed by atoms with Gasteiger partial charge in [0.05, 0.1) is 6.54 Å². The van der Waals surface area contributed by atoms with E-state index in [1.165, 1.54) is 0 Å². The molecule has 0 saturated heterocycles. The summed E-state index contributed by atoms with van der Waals surface area (Å²) in [5, 5.41) is 4.44. The maximum Gasteiger partial charge on any atom is 0.146 e. The summed E-state index contributed by atoms with van der Waals surface area (Å²) >= 11 is 11.9. The fraction of sp³-hybridized carbons (Fsp3) is 0.375. The fourth-order valence-corrected chi connectivity index (χ4v) is 2.41. The molecular formula is C16H19Cl2NO2. The van der Waals surface area contributed by atoms with Gasteiger partial charge in [0, 0.05) is 16.1 Å². The molecule has 0 unspecified atom stereocenters. The molecule has 0 atom stereocenters. The van der Waals surface area contributed by atoms with Crippen molar-refractivity contribution in [1.29, 1.82) is 0 Å². The van der Waals surface area contributed by atoms with Gasteiger partial charge in [-0.2, -0.15) is 0 Å². The Morgan fingerprint density at radius 3 is 2.43 bits per heavy atom. The minimum atomic E-state index is 0.346. The van der Waals surface area contributed by atoms with Crippen LogP contribution in [0.1, 0.15) is 30.9 Å². The molecule has 1 heterocycles. The SMILES string of the molecule is Cc1cc(COc2cc(Cl)cc(Cl)c2)oc1CNC(C)C. The maximum absolute atomic E-state index is 5.94. The van der Waals surface area contributed by atoms with Crippen LogP contribution < -0.4 is 10.1 Å². The van der Waals surface area contributed by atoms with Gasteiger partial charge in [-0.25, -0.2) is 0 Å². The van der Waals surface area contributed by atoms with E-state index < -0.39 is 0 Å². The number of benzene rings is 1. The third kappa shape index (κ3) is 4.95. The molecule has 0 bridgehead atoms. The Hall–Kier alpha value is -1.16. The van der Waals surface area contributed by atoms with Gasteiger partial charge in [-0.15, -0.1) is 0 Å². The third-order valence-electron chi connectivity index (χ3n) is 2.96. The highest BCUT2D eigenvalue weighted by Gasteiger charge is 2.09. The first-order valence-corrected chi connectivity index (χ1v) is 7.60. The summed E-state index contributed by atoms with van der Waals surface area (Å²) in [5.41, 5.74) is 1.12. The van der Waals surface area contributed by atoms with Crippen molar-refractivity contribution in [2.45, 2.75) is 40.0 Å². The first-order chi connectivity index (χ1) is 9.94. The lowest BCUT2D eigenvalue weighted by Crippen LogP contribution is -2.21. The molecular weight excluding hydrogens is 309 g/mol. The predicted molar refractivity (Wildman–Crippen MR) is 86.2 cm³/mol. The van der Waals surface area contributed by atoms with E-state index in [9.17, 15) is 0 Å². The van der Waals surface area contributed by atoms with E-state index in [0.717, 1.165) is 17.1 Å². The minimum Gasteiger partial charge on any atom is -0.486 e. The van der Waals surface area contributed by atoms with Crippen LogP contribution in [0.5, 0.6) is 5.75 Å². The third-order valence-corrected chi connectivity index (χ3v) is 3.40. The highest BCUT2D eigenvalue weighted by Crippen LogP contribution is 2.25. The Bertz CT molecular complexity index is 588. The first kappa shape index (κ1) is 16.2. The topological polar surface area (TPSA) is 34.4 Å². The van der Waals surface area contributed by atoms with Crippen molar-refractivity contribution in [3.05, 3.63) is 51.4 Å². The van der Waals surface area contributed by atoms with Crippen molar-refractivity contribution in [3.8, 4) is 5.75 Å². The molecule has 1 aromatic heterocycles. The second-order valence-electron chi connectivity index (χ2n) is 5.25. The summed E-state index contributed by atoms with van der Waals surface area (Å²) in [7, 11) is 0. The molecule has 114 valence electrons. The van der Waals surface area contributed by atoms with Crippen molar-refractivity contribution < 1.29 is 9.15 Å². The van der Waals surface area contributed by atoms with E-state index in [1.54, 1.807) is 18.2 Å². The zero-order valence-corrected chi connectivity index (χ0v) is 13.9. The summed E-state index contributed by atoms with van der Waals surface area (Å²) in [6.07, 6.45) is 0. The van der Waals surface area contributed by atoms with Crippen LogP contribution in [0.15, 0.2) is 28.7 Å². The number of aryl methyl sites for hydroxylation is 1. The summed E-state index contributed by atoms with van der Waals surface area (Å²) < 4.78 is 11.5. The molecule has 5 heteroatoms. The zero-order chi connectivity index (χ0) is 15.4. The number of hydrogen-bond acceptors (Lipinski definition) is 3. The molecule has 1 aromatic carbocycles. The van der Waals surface area contributed by atoms with Crippen molar-refractivity contribution in [2.24, 2.45) is 0 Å². The number of halogens is 2. The van der Waals surface area contributed by atoms with Crippen LogP contribution in [-0.2, 0) is 13.2 Å². The zero-order valence-electron chi connectivity index (χ0n) is 12.4. The Labute approximate surface area is 135 Å². The molecule has 3 nitrogen and oxygen atoms in total. The lowest BCUT2D eigenvalue weighted by molar-refractivity contribution is 0.264.